The first-order valence-electron chi connectivity index (χ1n) is 11.3. The largest absolute Gasteiger partial charge is 0.449 e. The predicted molar refractivity (Wildman–Crippen MR) is 139 cm³/mol. The lowest BCUT2D eigenvalue weighted by Gasteiger charge is -2.32. The fourth-order valence-corrected chi connectivity index (χ4v) is 5.57. The van der Waals surface area contributed by atoms with E-state index >= 15 is 0 Å². The third-order valence-electron chi connectivity index (χ3n) is 5.42. The number of benzene rings is 2. The van der Waals surface area contributed by atoms with Crippen molar-refractivity contribution in [1.82, 2.24) is 14.9 Å². The maximum atomic E-state index is 13.7. The van der Waals surface area contributed by atoms with E-state index in [2.05, 4.69) is 10.3 Å². The van der Waals surface area contributed by atoms with Gasteiger partial charge in [0, 0.05) is 53.6 Å². The van der Waals surface area contributed by atoms with Gasteiger partial charge in [0.05, 0.1) is 30.1 Å². The second kappa shape index (κ2) is 13.0. The number of hydrogen-bond acceptors (Lipinski definition) is 6. The number of nitrogens with one attached hydrogen (secondary N) is 1. The Labute approximate surface area is 220 Å². The molecule has 0 aliphatic carbocycles. The quantitative estimate of drug-likeness (QED) is 0.319. The van der Waals surface area contributed by atoms with E-state index in [4.69, 9.17) is 27.9 Å². The van der Waals surface area contributed by atoms with Crippen LogP contribution in [0.5, 0.6) is 0 Å². The SMILES string of the molecule is C[C@@H](CCOC(=O)NCCCn1ccnc1)N(c1cc(Cl)ccc1CO)S(=O)(=O)c1ccc(Cl)cc1. The Morgan fingerprint density at radius 3 is 2.58 bits per heavy atom. The van der Waals surface area contributed by atoms with Crippen molar-refractivity contribution in [3.8, 4) is 0 Å². The van der Waals surface area contributed by atoms with Gasteiger partial charge in [-0.15, -0.1) is 0 Å². The number of imidazole rings is 1. The van der Waals surface area contributed by atoms with Gasteiger partial charge in [0.1, 0.15) is 0 Å². The molecule has 194 valence electrons. The topological polar surface area (TPSA) is 114 Å². The van der Waals surface area contributed by atoms with Crippen LogP contribution in [0.3, 0.4) is 0 Å². The van der Waals surface area contributed by atoms with Crippen LogP contribution >= 0.6 is 23.2 Å². The van der Waals surface area contributed by atoms with Crippen LogP contribution in [-0.4, -0.2) is 48.4 Å². The van der Waals surface area contributed by atoms with Crippen molar-refractivity contribution in [2.45, 2.75) is 43.9 Å². The molecule has 1 atom stereocenters. The Bertz CT molecular complexity index is 1240. The van der Waals surface area contributed by atoms with Crippen LogP contribution in [0.25, 0.3) is 0 Å². The molecule has 0 unspecified atom stereocenters. The summed E-state index contributed by atoms with van der Waals surface area (Å²) < 4.78 is 35.7. The molecule has 0 radical (unpaired) electrons. The minimum atomic E-state index is -4.07. The smallest absolute Gasteiger partial charge is 0.407 e. The van der Waals surface area contributed by atoms with Crippen LogP contribution in [0.1, 0.15) is 25.3 Å². The minimum Gasteiger partial charge on any atom is -0.449 e. The Morgan fingerprint density at radius 2 is 1.92 bits per heavy atom. The summed E-state index contributed by atoms with van der Waals surface area (Å²) in [5.74, 6) is 0. The first-order valence-corrected chi connectivity index (χ1v) is 13.5. The Hall–Kier alpha value is -2.79. The molecule has 1 heterocycles. The number of sulfonamides is 1. The van der Waals surface area contributed by atoms with E-state index in [9.17, 15) is 18.3 Å². The molecule has 9 nitrogen and oxygen atoms in total. The van der Waals surface area contributed by atoms with E-state index in [1.54, 1.807) is 31.6 Å². The number of aliphatic hydroxyl groups is 1. The molecule has 0 saturated heterocycles. The zero-order valence-corrected chi connectivity index (χ0v) is 22.0. The molecule has 0 aliphatic rings. The molecular formula is C24H28Cl2N4O5S. The van der Waals surface area contributed by atoms with Crippen LogP contribution in [0.4, 0.5) is 10.5 Å². The van der Waals surface area contributed by atoms with Crippen molar-refractivity contribution >= 4 is 45.0 Å². The maximum Gasteiger partial charge on any atom is 0.407 e. The van der Waals surface area contributed by atoms with E-state index in [1.165, 1.54) is 34.6 Å². The van der Waals surface area contributed by atoms with Gasteiger partial charge in [-0.2, -0.15) is 0 Å². The zero-order chi connectivity index (χ0) is 26.1. The Balaban J connectivity index is 1.69. The van der Waals surface area contributed by atoms with Gasteiger partial charge in [0.2, 0.25) is 0 Å². The zero-order valence-electron chi connectivity index (χ0n) is 19.7. The first-order chi connectivity index (χ1) is 17.2. The molecule has 2 aromatic carbocycles. The summed E-state index contributed by atoms with van der Waals surface area (Å²) in [5, 5.41) is 13.3. The van der Waals surface area contributed by atoms with E-state index in [0.717, 1.165) is 0 Å². The number of aromatic nitrogens is 2. The summed E-state index contributed by atoms with van der Waals surface area (Å²) in [4.78, 5) is 16.1. The number of rotatable bonds is 12. The highest BCUT2D eigenvalue weighted by molar-refractivity contribution is 7.92. The third kappa shape index (κ3) is 7.36. The molecule has 1 aromatic heterocycles. The number of carbonyl (C=O) groups excluding carboxylic acids is 1. The number of nitrogens with zero attached hydrogens (tertiary/aromatic N) is 3. The summed E-state index contributed by atoms with van der Waals surface area (Å²) in [7, 11) is -4.07. The molecule has 0 fully saturated rings. The number of amides is 1. The van der Waals surface area contributed by atoms with Crippen LogP contribution in [0, 0.1) is 0 Å². The van der Waals surface area contributed by atoms with Crippen molar-refractivity contribution in [3.63, 3.8) is 0 Å². The summed E-state index contributed by atoms with van der Waals surface area (Å²) in [6, 6.07) is 9.80. The second-order valence-corrected chi connectivity index (χ2v) is 10.7. The van der Waals surface area contributed by atoms with Crippen molar-refractivity contribution in [2.75, 3.05) is 17.5 Å². The van der Waals surface area contributed by atoms with Gasteiger partial charge in [0.25, 0.3) is 10.0 Å². The Kier molecular flexibility index (Phi) is 10.0. The average Bonchev–Trinajstić information content (AvgIpc) is 3.36. The maximum absolute atomic E-state index is 13.7. The van der Waals surface area contributed by atoms with Gasteiger partial charge >= 0.3 is 6.09 Å². The molecule has 3 rings (SSSR count). The highest BCUT2D eigenvalue weighted by atomic mass is 35.5. The number of anilines is 1. The van der Waals surface area contributed by atoms with Crippen LogP contribution in [-0.2, 0) is 27.9 Å². The normalized spacial score (nSPS) is 12.2. The molecule has 36 heavy (non-hydrogen) atoms. The fraction of sp³-hybridized carbons (Fsp3) is 0.333. The number of ether oxygens (including phenoxy) is 1. The molecule has 0 aliphatic heterocycles. The number of hydrogen-bond donors (Lipinski definition) is 2. The van der Waals surface area contributed by atoms with E-state index in [0.29, 0.717) is 35.1 Å². The molecule has 0 saturated carbocycles. The monoisotopic (exact) mass is 554 g/mol. The van der Waals surface area contributed by atoms with Gasteiger partial charge in [0.15, 0.2) is 0 Å². The first kappa shape index (κ1) is 27.8. The van der Waals surface area contributed by atoms with Crippen LogP contribution in [0.15, 0.2) is 66.1 Å². The third-order valence-corrected chi connectivity index (χ3v) is 7.85. The molecular weight excluding hydrogens is 527 g/mol. The lowest BCUT2D eigenvalue weighted by Crippen LogP contribution is -2.40. The molecule has 12 heteroatoms. The molecule has 0 bridgehead atoms. The lowest BCUT2D eigenvalue weighted by molar-refractivity contribution is 0.143. The summed E-state index contributed by atoms with van der Waals surface area (Å²) in [6.45, 7) is 2.43. The van der Waals surface area contributed by atoms with Crippen molar-refractivity contribution in [1.29, 1.82) is 0 Å². The summed E-state index contributed by atoms with van der Waals surface area (Å²) in [6.07, 6.45) is 5.54. The number of aliphatic hydroxyl groups excluding tert-OH is 1. The van der Waals surface area contributed by atoms with Gasteiger partial charge in [-0.1, -0.05) is 29.3 Å². The highest BCUT2D eigenvalue weighted by Gasteiger charge is 2.31. The summed E-state index contributed by atoms with van der Waals surface area (Å²) in [5.41, 5.74) is 0.636. The minimum absolute atomic E-state index is 0.0177. The predicted octanol–water partition coefficient (Wildman–Crippen LogP) is 4.47. The Morgan fingerprint density at radius 1 is 1.19 bits per heavy atom. The van der Waals surface area contributed by atoms with Gasteiger partial charge < -0.3 is 19.7 Å². The molecule has 3 aromatic rings. The van der Waals surface area contributed by atoms with Crippen molar-refractivity contribution < 1.29 is 23.1 Å². The van der Waals surface area contributed by atoms with Crippen LogP contribution < -0.4 is 9.62 Å². The average molecular weight is 555 g/mol. The highest BCUT2D eigenvalue weighted by Crippen LogP contribution is 2.33. The standard InChI is InChI=1S/C24H28Cl2N4O5S/c1-18(9-14-35-24(32)28-10-2-12-29-13-11-27-17-29)30(23-15-21(26)4-3-19(23)16-31)36(33,34)22-7-5-20(25)6-8-22/h3-8,11,13,15,17-18,31H,2,9-10,12,14,16H2,1H3,(H,28,32)/t18-/m0/s1. The van der Waals surface area contributed by atoms with Crippen molar-refractivity contribution in [2.24, 2.45) is 0 Å². The van der Waals surface area contributed by atoms with Gasteiger partial charge in [-0.3, -0.25) is 4.31 Å². The number of halogens is 2. The van der Waals surface area contributed by atoms with E-state index in [1.807, 2.05) is 10.8 Å². The van der Waals surface area contributed by atoms with Gasteiger partial charge in [-0.25, -0.2) is 18.2 Å². The number of aryl methyl sites for hydroxylation is 1. The number of alkyl carbamates (subject to hydrolysis) is 1. The van der Waals surface area contributed by atoms with Crippen molar-refractivity contribution in [3.05, 3.63) is 76.8 Å². The van der Waals surface area contributed by atoms with E-state index in [-0.39, 0.29) is 30.2 Å². The lowest BCUT2D eigenvalue weighted by atomic mass is 10.1. The fourth-order valence-electron chi connectivity index (χ4n) is 3.56. The second-order valence-electron chi connectivity index (χ2n) is 8.04. The van der Waals surface area contributed by atoms with Gasteiger partial charge in [-0.05, 0) is 49.7 Å². The van der Waals surface area contributed by atoms with E-state index < -0.39 is 22.2 Å². The number of carbonyl (C=O) groups is 1. The van der Waals surface area contributed by atoms with Crippen LogP contribution in [0.2, 0.25) is 10.0 Å². The molecule has 2 N–H and O–H groups in total. The molecule has 0 spiro atoms. The summed E-state index contributed by atoms with van der Waals surface area (Å²) >= 11 is 12.1. The molecule has 1 amide bonds.